The predicted octanol–water partition coefficient (Wildman–Crippen LogP) is 1.24. The molecule has 0 aliphatic rings. The smallest absolute Gasteiger partial charge is 0.283 e. The Balaban J connectivity index is 3.17. The Morgan fingerprint density at radius 3 is 2.12 bits per heavy atom. The van der Waals surface area contributed by atoms with Crippen LogP contribution in [0.3, 0.4) is 0 Å². The maximum atomic E-state index is 12.8. The van der Waals surface area contributed by atoms with Gasteiger partial charge >= 0.3 is 0 Å². The van der Waals surface area contributed by atoms with Crippen LogP contribution in [0.1, 0.15) is 0 Å². The SMILES string of the molecule is CN(C)C=NS(=O)(=O)c1cc(F)cc(F)c1. The highest BCUT2D eigenvalue weighted by molar-refractivity contribution is 7.90. The lowest BCUT2D eigenvalue weighted by Gasteiger charge is -2.03. The van der Waals surface area contributed by atoms with Crippen LogP contribution >= 0.6 is 0 Å². The van der Waals surface area contributed by atoms with E-state index >= 15 is 0 Å². The summed E-state index contributed by atoms with van der Waals surface area (Å²) in [5.41, 5.74) is 0. The van der Waals surface area contributed by atoms with Crippen LogP contribution in [-0.4, -0.2) is 33.8 Å². The first-order valence-corrected chi connectivity index (χ1v) is 5.68. The van der Waals surface area contributed by atoms with Gasteiger partial charge in [0.2, 0.25) is 0 Å². The predicted molar refractivity (Wildman–Crippen MR) is 55.7 cm³/mol. The van der Waals surface area contributed by atoms with Crippen molar-refractivity contribution in [1.29, 1.82) is 0 Å². The minimum atomic E-state index is -4.05. The first-order chi connectivity index (χ1) is 7.31. The van der Waals surface area contributed by atoms with Crippen LogP contribution in [0.2, 0.25) is 0 Å². The van der Waals surface area contributed by atoms with Gasteiger partial charge in [-0.15, -0.1) is 4.40 Å². The second kappa shape index (κ2) is 4.56. The second-order valence-corrected chi connectivity index (χ2v) is 4.90. The average molecular weight is 248 g/mol. The van der Waals surface area contributed by atoms with Crippen molar-refractivity contribution in [2.45, 2.75) is 4.90 Å². The topological polar surface area (TPSA) is 49.7 Å². The second-order valence-electron chi connectivity index (χ2n) is 3.26. The Bertz CT molecular complexity index is 492. The maximum Gasteiger partial charge on any atom is 0.283 e. The summed E-state index contributed by atoms with van der Waals surface area (Å²) >= 11 is 0. The van der Waals surface area contributed by atoms with E-state index in [-0.39, 0.29) is 0 Å². The third kappa shape index (κ3) is 3.27. The molecule has 16 heavy (non-hydrogen) atoms. The van der Waals surface area contributed by atoms with E-state index in [2.05, 4.69) is 4.40 Å². The summed E-state index contributed by atoms with van der Waals surface area (Å²) < 4.78 is 51.8. The summed E-state index contributed by atoms with van der Waals surface area (Å²) in [4.78, 5) is 0.885. The molecule has 0 bridgehead atoms. The first kappa shape index (κ1) is 12.6. The molecular weight excluding hydrogens is 238 g/mol. The van der Waals surface area contributed by atoms with Gasteiger partial charge in [0.05, 0.1) is 4.90 Å². The quantitative estimate of drug-likeness (QED) is 0.597. The fourth-order valence-electron chi connectivity index (χ4n) is 0.895. The van der Waals surface area contributed by atoms with Gasteiger partial charge in [0.15, 0.2) is 0 Å². The number of nitrogens with zero attached hydrogens (tertiary/aromatic N) is 2. The molecule has 0 aromatic heterocycles. The van der Waals surface area contributed by atoms with Crippen LogP contribution in [0.5, 0.6) is 0 Å². The normalized spacial score (nSPS) is 12.0. The highest BCUT2D eigenvalue weighted by Gasteiger charge is 2.14. The molecule has 0 unspecified atom stereocenters. The lowest BCUT2D eigenvalue weighted by Crippen LogP contribution is -2.10. The number of halogens is 2. The standard InChI is InChI=1S/C9H10F2N2O2S/c1-13(2)6-12-16(14,15)9-4-7(10)3-8(11)5-9/h3-6H,1-2H3. The van der Waals surface area contributed by atoms with Gasteiger partial charge in [-0.3, -0.25) is 0 Å². The van der Waals surface area contributed by atoms with E-state index in [4.69, 9.17) is 0 Å². The summed E-state index contributed by atoms with van der Waals surface area (Å²) in [6.45, 7) is 0. The highest BCUT2D eigenvalue weighted by atomic mass is 32.2. The minimum Gasteiger partial charge on any atom is -0.368 e. The maximum absolute atomic E-state index is 12.8. The van der Waals surface area contributed by atoms with Crippen LogP contribution in [0.4, 0.5) is 8.78 Å². The molecule has 0 aliphatic heterocycles. The summed E-state index contributed by atoms with van der Waals surface area (Å²) in [7, 11) is -0.903. The van der Waals surface area contributed by atoms with E-state index in [1.54, 1.807) is 14.1 Å². The van der Waals surface area contributed by atoms with Crippen molar-refractivity contribution in [2.24, 2.45) is 4.40 Å². The van der Waals surface area contributed by atoms with Crippen molar-refractivity contribution in [2.75, 3.05) is 14.1 Å². The Kier molecular flexibility index (Phi) is 3.58. The van der Waals surface area contributed by atoms with Crippen LogP contribution in [-0.2, 0) is 10.0 Å². The van der Waals surface area contributed by atoms with Crippen molar-refractivity contribution in [3.63, 3.8) is 0 Å². The van der Waals surface area contributed by atoms with Gasteiger partial charge in [-0.05, 0) is 12.1 Å². The van der Waals surface area contributed by atoms with E-state index in [0.717, 1.165) is 6.34 Å². The minimum absolute atomic E-state index is 0.511. The van der Waals surface area contributed by atoms with E-state index in [1.807, 2.05) is 0 Å². The summed E-state index contributed by atoms with van der Waals surface area (Å²) in [5, 5.41) is 0. The van der Waals surface area contributed by atoms with Gasteiger partial charge < -0.3 is 4.90 Å². The molecule has 0 saturated heterocycles. The Hall–Kier alpha value is -1.50. The first-order valence-electron chi connectivity index (χ1n) is 4.24. The van der Waals surface area contributed by atoms with E-state index in [1.165, 1.54) is 4.90 Å². The Morgan fingerprint density at radius 1 is 1.19 bits per heavy atom. The molecule has 0 spiro atoms. The molecule has 1 rings (SSSR count). The lowest BCUT2D eigenvalue weighted by atomic mass is 10.3. The van der Waals surface area contributed by atoms with Crippen LogP contribution in [0, 0.1) is 11.6 Å². The van der Waals surface area contributed by atoms with Crippen molar-refractivity contribution in [3.05, 3.63) is 29.8 Å². The fourth-order valence-corrected chi connectivity index (χ4v) is 1.85. The molecule has 0 atom stereocenters. The molecule has 0 aliphatic carbocycles. The van der Waals surface area contributed by atoms with Gasteiger partial charge in [0.1, 0.15) is 18.0 Å². The number of sulfonamides is 1. The third-order valence-electron chi connectivity index (χ3n) is 1.55. The van der Waals surface area contributed by atoms with Gasteiger partial charge in [0, 0.05) is 20.2 Å². The lowest BCUT2D eigenvalue weighted by molar-refractivity contribution is 0.567. The van der Waals surface area contributed by atoms with Gasteiger partial charge in [-0.25, -0.2) is 8.78 Å². The fraction of sp³-hybridized carbons (Fsp3) is 0.222. The zero-order valence-corrected chi connectivity index (χ0v) is 9.50. The molecule has 0 fully saturated rings. The van der Waals surface area contributed by atoms with Crippen molar-refractivity contribution in [3.8, 4) is 0 Å². The number of benzene rings is 1. The van der Waals surface area contributed by atoms with Gasteiger partial charge in [-0.2, -0.15) is 8.42 Å². The van der Waals surface area contributed by atoms with Crippen molar-refractivity contribution in [1.82, 2.24) is 4.90 Å². The molecule has 88 valence electrons. The van der Waals surface area contributed by atoms with E-state index < -0.39 is 26.6 Å². The molecule has 4 nitrogen and oxygen atoms in total. The molecule has 0 radical (unpaired) electrons. The molecule has 0 saturated carbocycles. The van der Waals surface area contributed by atoms with Crippen molar-refractivity contribution < 1.29 is 17.2 Å². The summed E-state index contributed by atoms with van der Waals surface area (Å²) in [6, 6.07) is 2.02. The van der Waals surface area contributed by atoms with Crippen LogP contribution in [0.25, 0.3) is 0 Å². The summed E-state index contributed by atoms with van der Waals surface area (Å²) in [5.74, 6) is -1.92. The monoisotopic (exact) mass is 248 g/mol. The Labute approximate surface area is 92.3 Å². The Morgan fingerprint density at radius 2 is 1.69 bits per heavy atom. The van der Waals surface area contributed by atoms with Crippen molar-refractivity contribution >= 4 is 16.4 Å². The van der Waals surface area contributed by atoms with E-state index in [0.29, 0.717) is 18.2 Å². The number of hydrogen-bond donors (Lipinski definition) is 0. The molecule has 0 N–H and O–H groups in total. The number of hydrogen-bond acceptors (Lipinski definition) is 2. The van der Waals surface area contributed by atoms with Crippen LogP contribution in [0.15, 0.2) is 27.5 Å². The molecule has 7 heteroatoms. The zero-order valence-electron chi connectivity index (χ0n) is 8.68. The number of rotatable bonds is 3. The van der Waals surface area contributed by atoms with Crippen LogP contribution < -0.4 is 0 Å². The highest BCUT2D eigenvalue weighted by Crippen LogP contribution is 2.15. The molecule has 0 amide bonds. The average Bonchev–Trinajstić information content (AvgIpc) is 2.13. The van der Waals surface area contributed by atoms with E-state index in [9.17, 15) is 17.2 Å². The van der Waals surface area contributed by atoms with Gasteiger partial charge in [-0.1, -0.05) is 0 Å². The zero-order chi connectivity index (χ0) is 12.3. The largest absolute Gasteiger partial charge is 0.368 e. The third-order valence-corrected chi connectivity index (χ3v) is 2.75. The van der Waals surface area contributed by atoms with Gasteiger partial charge in [0.25, 0.3) is 10.0 Å². The molecule has 1 aromatic carbocycles. The molecule has 1 aromatic rings. The molecule has 0 heterocycles. The summed E-state index contributed by atoms with van der Waals surface area (Å²) in [6.07, 6.45) is 1.04. The molecular formula is C9H10F2N2O2S.